The Morgan fingerprint density at radius 1 is 1.03 bits per heavy atom. The number of thioether (sulfide) groups is 1. The molecule has 162 valence electrons. The smallest absolute Gasteiger partial charge is 0.247 e. The molecule has 5 nitrogen and oxygen atoms in total. The van der Waals surface area contributed by atoms with Crippen LogP contribution in [0.4, 0.5) is 11.4 Å². The van der Waals surface area contributed by atoms with E-state index in [-0.39, 0.29) is 18.2 Å². The van der Waals surface area contributed by atoms with Crippen LogP contribution in [-0.4, -0.2) is 22.2 Å². The van der Waals surface area contributed by atoms with Gasteiger partial charge in [0.15, 0.2) is 5.17 Å². The first kappa shape index (κ1) is 22.6. The van der Waals surface area contributed by atoms with E-state index in [1.54, 1.807) is 12.1 Å². The van der Waals surface area contributed by atoms with Gasteiger partial charge in [0.1, 0.15) is 5.25 Å². The second kappa shape index (κ2) is 10.3. The van der Waals surface area contributed by atoms with Crippen LogP contribution in [0.5, 0.6) is 0 Å². The Bertz CT molecular complexity index is 1140. The van der Waals surface area contributed by atoms with Crippen LogP contribution in [-0.2, 0) is 16.1 Å². The number of halogens is 2. The summed E-state index contributed by atoms with van der Waals surface area (Å²) >= 11 is 10.6. The van der Waals surface area contributed by atoms with Gasteiger partial charge in [0.2, 0.25) is 11.8 Å². The molecular weight excluding hydrogens is 510 g/mol. The quantitative estimate of drug-likeness (QED) is 0.246. The minimum atomic E-state index is -0.550. The fraction of sp³-hybridized carbons (Fsp3) is 0.125. The molecule has 1 unspecified atom stereocenters. The minimum absolute atomic E-state index is 0.121. The van der Waals surface area contributed by atoms with Crippen molar-refractivity contribution < 1.29 is 9.59 Å². The maximum atomic E-state index is 13.1. The van der Waals surface area contributed by atoms with Crippen molar-refractivity contribution in [3.63, 3.8) is 0 Å². The Morgan fingerprint density at radius 2 is 1.72 bits per heavy atom. The molecule has 8 heteroatoms. The van der Waals surface area contributed by atoms with Crippen LogP contribution in [0.1, 0.15) is 12.0 Å². The highest BCUT2D eigenvalue weighted by Gasteiger charge is 2.40. The lowest BCUT2D eigenvalue weighted by atomic mass is 10.2. The molecule has 1 aliphatic heterocycles. The SMILES string of the molecule is O=C1CC(SC(=NCc2ccc(Cl)cc2)Nc2ccccc2)C(=O)N1c1ccc(Br)cc1. The van der Waals surface area contributed by atoms with E-state index in [1.807, 2.05) is 66.7 Å². The number of hydrogen-bond acceptors (Lipinski definition) is 4. The number of hydrogen-bond donors (Lipinski definition) is 1. The number of anilines is 2. The van der Waals surface area contributed by atoms with Gasteiger partial charge < -0.3 is 5.32 Å². The van der Waals surface area contributed by atoms with Gasteiger partial charge in [-0.1, -0.05) is 69.6 Å². The molecule has 0 radical (unpaired) electrons. The van der Waals surface area contributed by atoms with Crippen molar-refractivity contribution in [3.8, 4) is 0 Å². The molecule has 2 amide bonds. The van der Waals surface area contributed by atoms with E-state index in [1.165, 1.54) is 16.7 Å². The average molecular weight is 529 g/mol. The van der Waals surface area contributed by atoms with Gasteiger partial charge in [-0.25, -0.2) is 4.90 Å². The van der Waals surface area contributed by atoms with Gasteiger partial charge in [0.25, 0.3) is 0 Å². The third kappa shape index (κ3) is 5.59. The number of aliphatic imine (C=N–C) groups is 1. The Morgan fingerprint density at radius 3 is 2.41 bits per heavy atom. The molecule has 1 saturated heterocycles. The predicted molar refractivity (Wildman–Crippen MR) is 135 cm³/mol. The zero-order chi connectivity index (χ0) is 22.5. The van der Waals surface area contributed by atoms with Crippen LogP contribution in [0.25, 0.3) is 0 Å². The number of para-hydroxylation sites is 1. The molecule has 1 heterocycles. The molecule has 1 N–H and O–H groups in total. The Hall–Kier alpha value is -2.61. The van der Waals surface area contributed by atoms with Crippen LogP contribution in [0.3, 0.4) is 0 Å². The number of imide groups is 1. The van der Waals surface area contributed by atoms with Crippen molar-refractivity contribution in [3.05, 3.63) is 93.9 Å². The highest BCUT2D eigenvalue weighted by molar-refractivity contribution is 9.10. The predicted octanol–water partition coefficient (Wildman–Crippen LogP) is 6.14. The molecule has 0 saturated carbocycles. The van der Waals surface area contributed by atoms with Crippen molar-refractivity contribution in [1.29, 1.82) is 0 Å². The molecule has 1 atom stereocenters. The Kier molecular flexibility index (Phi) is 7.29. The number of carbonyl (C=O) groups is 2. The number of amidine groups is 1. The lowest BCUT2D eigenvalue weighted by Crippen LogP contribution is -2.31. The molecule has 4 rings (SSSR count). The summed E-state index contributed by atoms with van der Waals surface area (Å²) in [4.78, 5) is 31.7. The van der Waals surface area contributed by atoms with Crippen LogP contribution in [0.2, 0.25) is 5.02 Å². The number of amides is 2. The normalized spacial score (nSPS) is 16.5. The van der Waals surface area contributed by atoms with E-state index < -0.39 is 5.25 Å². The summed E-state index contributed by atoms with van der Waals surface area (Å²) in [5.41, 5.74) is 2.42. The van der Waals surface area contributed by atoms with Crippen molar-refractivity contribution in [2.24, 2.45) is 4.99 Å². The van der Waals surface area contributed by atoms with Gasteiger partial charge in [-0.3, -0.25) is 14.6 Å². The maximum absolute atomic E-state index is 13.1. The Labute approximate surface area is 204 Å². The molecule has 0 spiro atoms. The van der Waals surface area contributed by atoms with Crippen LogP contribution in [0, 0.1) is 0 Å². The molecule has 3 aromatic carbocycles. The van der Waals surface area contributed by atoms with Gasteiger partial charge in [-0.2, -0.15) is 0 Å². The molecule has 0 aromatic heterocycles. The number of rotatable bonds is 5. The minimum Gasteiger partial charge on any atom is -0.335 e. The van der Waals surface area contributed by atoms with Crippen LogP contribution < -0.4 is 10.2 Å². The van der Waals surface area contributed by atoms with Crippen molar-refractivity contribution in [1.82, 2.24) is 0 Å². The van der Waals surface area contributed by atoms with E-state index in [0.29, 0.717) is 22.4 Å². The lowest BCUT2D eigenvalue weighted by molar-refractivity contribution is -0.121. The Balaban J connectivity index is 1.53. The zero-order valence-electron chi connectivity index (χ0n) is 16.9. The number of nitrogens with one attached hydrogen (secondary N) is 1. The number of benzene rings is 3. The molecular formula is C24H19BrClN3O2S. The summed E-state index contributed by atoms with van der Waals surface area (Å²) in [6.45, 7) is 0.421. The van der Waals surface area contributed by atoms with Gasteiger partial charge in [-0.15, -0.1) is 0 Å². The molecule has 32 heavy (non-hydrogen) atoms. The number of carbonyl (C=O) groups excluding carboxylic acids is 2. The molecule has 0 bridgehead atoms. The third-order valence-corrected chi connectivity index (χ3v) is 6.68. The highest BCUT2D eigenvalue weighted by atomic mass is 79.9. The first-order valence-corrected chi connectivity index (χ1v) is 11.9. The average Bonchev–Trinajstić information content (AvgIpc) is 3.07. The van der Waals surface area contributed by atoms with E-state index >= 15 is 0 Å². The van der Waals surface area contributed by atoms with Gasteiger partial charge in [0.05, 0.1) is 12.2 Å². The van der Waals surface area contributed by atoms with Crippen LogP contribution in [0.15, 0.2) is 88.3 Å². The summed E-state index contributed by atoms with van der Waals surface area (Å²) < 4.78 is 0.884. The summed E-state index contributed by atoms with van der Waals surface area (Å²) in [5, 5.41) is 3.98. The topological polar surface area (TPSA) is 61.8 Å². The van der Waals surface area contributed by atoms with E-state index in [9.17, 15) is 9.59 Å². The van der Waals surface area contributed by atoms with Crippen LogP contribution >= 0.6 is 39.3 Å². The fourth-order valence-electron chi connectivity index (χ4n) is 3.20. The maximum Gasteiger partial charge on any atom is 0.247 e. The largest absolute Gasteiger partial charge is 0.335 e. The fourth-order valence-corrected chi connectivity index (χ4v) is 4.60. The first-order chi connectivity index (χ1) is 15.5. The highest BCUT2D eigenvalue weighted by Crippen LogP contribution is 2.31. The summed E-state index contributed by atoms with van der Waals surface area (Å²) in [6.07, 6.45) is 0.121. The molecule has 0 aliphatic carbocycles. The van der Waals surface area contributed by atoms with E-state index in [2.05, 4.69) is 26.2 Å². The third-order valence-electron chi connectivity index (χ3n) is 4.79. The van der Waals surface area contributed by atoms with E-state index in [4.69, 9.17) is 11.6 Å². The monoisotopic (exact) mass is 527 g/mol. The van der Waals surface area contributed by atoms with Crippen molar-refractivity contribution in [2.45, 2.75) is 18.2 Å². The second-order valence-corrected chi connectivity index (χ2v) is 9.64. The van der Waals surface area contributed by atoms with Gasteiger partial charge in [0, 0.05) is 21.6 Å². The standard InChI is InChI=1S/C24H19BrClN3O2S/c25-17-8-12-20(13-9-17)29-22(30)14-21(23(29)31)32-24(28-19-4-2-1-3-5-19)27-15-16-6-10-18(26)11-7-16/h1-13,21H,14-15H2,(H,27,28). The molecule has 1 fully saturated rings. The van der Waals surface area contributed by atoms with E-state index in [0.717, 1.165) is 15.7 Å². The summed E-state index contributed by atoms with van der Waals surface area (Å²) in [6, 6.07) is 24.2. The van der Waals surface area contributed by atoms with Gasteiger partial charge >= 0.3 is 0 Å². The molecule has 3 aromatic rings. The summed E-state index contributed by atoms with van der Waals surface area (Å²) in [7, 11) is 0. The second-order valence-electron chi connectivity index (χ2n) is 7.09. The van der Waals surface area contributed by atoms with Crippen molar-refractivity contribution in [2.75, 3.05) is 10.2 Å². The zero-order valence-corrected chi connectivity index (χ0v) is 20.0. The molecule has 1 aliphatic rings. The van der Waals surface area contributed by atoms with Gasteiger partial charge in [-0.05, 0) is 54.1 Å². The van der Waals surface area contributed by atoms with Crippen molar-refractivity contribution >= 4 is 67.6 Å². The first-order valence-electron chi connectivity index (χ1n) is 9.89. The number of nitrogens with zero attached hydrogens (tertiary/aromatic N) is 2. The summed E-state index contributed by atoms with van der Waals surface area (Å²) in [5.74, 6) is -0.456. The lowest BCUT2D eigenvalue weighted by Gasteiger charge is -2.16.